The van der Waals surface area contributed by atoms with Gasteiger partial charge in [-0.25, -0.2) is 8.42 Å². The van der Waals surface area contributed by atoms with Crippen molar-refractivity contribution in [1.29, 1.82) is 0 Å². The molecule has 20 heavy (non-hydrogen) atoms. The van der Waals surface area contributed by atoms with Gasteiger partial charge in [-0.1, -0.05) is 31.4 Å². The highest BCUT2D eigenvalue weighted by molar-refractivity contribution is 7.90. The fraction of sp³-hybridized carbons (Fsp3) is 0.500. The molecule has 1 aliphatic carbocycles. The van der Waals surface area contributed by atoms with Crippen LogP contribution in [0.15, 0.2) is 34.2 Å². The largest absolute Gasteiger partial charge is 0.391 e. The summed E-state index contributed by atoms with van der Waals surface area (Å²) in [6.07, 6.45) is 4.17. The second-order valence-electron chi connectivity index (χ2n) is 5.35. The summed E-state index contributed by atoms with van der Waals surface area (Å²) >= 11 is 0. The van der Waals surface area contributed by atoms with Gasteiger partial charge in [0, 0.05) is 5.56 Å². The smallest absolute Gasteiger partial charge is 0.263 e. The van der Waals surface area contributed by atoms with Crippen LogP contribution >= 0.6 is 0 Å². The third kappa shape index (κ3) is 2.45. The van der Waals surface area contributed by atoms with E-state index in [0.717, 1.165) is 32.1 Å². The molecule has 0 radical (unpaired) electrons. The number of nitrogens with zero attached hydrogens (tertiary/aromatic N) is 1. The molecule has 1 aromatic carbocycles. The van der Waals surface area contributed by atoms with Gasteiger partial charge in [0.1, 0.15) is 5.84 Å². The number of amidine groups is 1. The van der Waals surface area contributed by atoms with Crippen molar-refractivity contribution < 1.29 is 13.5 Å². The highest BCUT2D eigenvalue weighted by Gasteiger charge is 2.32. The standard InChI is InChI=1S/C14H18N2O3S/c17-12-8-3-1-2-7-11(12)15-14-10-6-4-5-9-13(10)20(18,19)16-14/h4-6,9,11-12,17H,1-3,7-8H2,(H,15,16). The molecule has 2 unspecified atom stereocenters. The lowest BCUT2D eigenvalue weighted by molar-refractivity contribution is 0.138. The van der Waals surface area contributed by atoms with E-state index in [1.54, 1.807) is 24.3 Å². The van der Waals surface area contributed by atoms with Crippen molar-refractivity contribution in [3.05, 3.63) is 29.8 Å². The Morgan fingerprint density at radius 3 is 2.75 bits per heavy atom. The number of rotatable bonds is 1. The van der Waals surface area contributed by atoms with E-state index in [-0.39, 0.29) is 10.9 Å². The topological polar surface area (TPSA) is 78.8 Å². The highest BCUT2D eigenvalue weighted by Crippen LogP contribution is 2.25. The number of fused-ring (bicyclic) bond motifs is 1. The van der Waals surface area contributed by atoms with Gasteiger partial charge < -0.3 is 5.11 Å². The molecule has 108 valence electrons. The summed E-state index contributed by atoms with van der Waals surface area (Å²) in [5, 5.41) is 10.1. The number of hydrogen-bond acceptors (Lipinski definition) is 4. The van der Waals surface area contributed by atoms with E-state index in [1.165, 1.54) is 0 Å². The Bertz CT molecular complexity index is 640. The van der Waals surface area contributed by atoms with Gasteiger partial charge in [0.25, 0.3) is 10.0 Å². The zero-order valence-corrected chi connectivity index (χ0v) is 11.9. The summed E-state index contributed by atoms with van der Waals surface area (Å²) in [5.41, 5.74) is 0.601. The van der Waals surface area contributed by atoms with Crippen molar-refractivity contribution in [2.24, 2.45) is 4.99 Å². The maximum atomic E-state index is 12.0. The van der Waals surface area contributed by atoms with E-state index < -0.39 is 16.1 Å². The number of aliphatic hydroxyl groups is 1. The first-order valence-corrected chi connectivity index (χ1v) is 8.44. The van der Waals surface area contributed by atoms with Crippen LogP contribution in [0.1, 0.15) is 37.7 Å². The minimum atomic E-state index is -3.49. The van der Waals surface area contributed by atoms with E-state index >= 15 is 0 Å². The Balaban J connectivity index is 1.97. The van der Waals surface area contributed by atoms with Crippen molar-refractivity contribution >= 4 is 15.9 Å². The molecule has 1 saturated carbocycles. The average Bonchev–Trinajstić information content (AvgIpc) is 2.56. The maximum Gasteiger partial charge on any atom is 0.263 e. The number of hydrogen-bond donors (Lipinski definition) is 2. The Hall–Kier alpha value is -1.40. The number of sulfonamides is 1. The maximum absolute atomic E-state index is 12.0. The molecular formula is C14H18N2O3S. The SMILES string of the molecule is O=S1(=O)NC(=NC2CCCCCC2O)c2ccccc21. The highest BCUT2D eigenvalue weighted by atomic mass is 32.2. The van der Waals surface area contributed by atoms with E-state index in [4.69, 9.17) is 0 Å². The molecule has 1 aliphatic heterocycles. The van der Waals surface area contributed by atoms with E-state index in [2.05, 4.69) is 9.71 Å². The summed E-state index contributed by atoms with van der Waals surface area (Å²) in [5.74, 6) is 0.367. The van der Waals surface area contributed by atoms with Crippen molar-refractivity contribution in [2.45, 2.75) is 49.1 Å². The number of aliphatic hydroxyl groups excluding tert-OH is 1. The quantitative estimate of drug-likeness (QED) is 0.769. The van der Waals surface area contributed by atoms with E-state index in [9.17, 15) is 13.5 Å². The second kappa shape index (κ2) is 5.18. The van der Waals surface area contributed by atoms with Crippen molar-refractivity contribution in [2.75, 3.05) is 0 Å². The van der Waals surface area contributed by atoms with Crippen molar-refractivity contribution in [1.82, 2.24) is 4.72 Å². The first-order chi connectivity index (χ1) is 9.58. The van der Waals surface area contributed by atoms with Crippen LogP contribution in [-0.2, 0) is 10.0 Å². The van der Waals surface area contributed by atoms with Gasteiger partial charge in [0.15, 0.2) is 0 Å². The zero-order chi connectivity index (χ0) is 14.2. The molecule has 0 saturated heterocycles. The average molecular weight is 294 g/mol. The zero-order valence-electron chi connectivity index (χ0n) is 11.1. The number of benzene rings is 1. The Morgan fingerprint density at radius 1 is 1.15 bits per heavy atom. The predicted molar refractivity (Wildman–Crippen MR) is 76.2 cm³/mol. The first kappa shape index (κ1) is 13.6. The van der Waals surface area contributed by atoms with E-state index in [0.29, 0.717) is 11.4 Å². The minimum Gasteiger partial charge on any atom is -0.391 e. The van der Waals surface area contributed by atoms with Gasteiger partial charge >= 0.3 is 0 Å². The number of nitrogens with one attached hydrogen (secondary N) is 1. The van der Waals surface area contributed by atoms with Gasteiger partial charge in [-0.3, -0.25) is 9.71 Å². The lowest BCUT2D eigenvalue weighted by Crippen LogP contribution is -2.29. The molecule has 5 nitrogen and oxygen atoms in total. The van der Waals surface area contributed by atoms with Crippen LogP contribution in [0, 0.1) is 0 Å². The molecule has 2 aliphatic rings. The molecule has 6 heteroatoms. The van der Waals surface area contributed by atoms with Crippen LogP contribution in [0.4, 0.5) is 0 Å². The molecule has 0 bridgehead atoms. The Kier molecular flexibility index (Phi) is 3.52. The molecule has 0 aromatic heterocycles. The fourth-order valence-electron chi connectivity index (χ4n) is 2.81. The third-order valence-corrected chi connectivity index (χ3v) is 5.30. The van der Waals surface area contributed by atoms with Gasteiger partial charge in [0.05, 0.1) is 17.0 Å². The second-order valence-corrected chi connectivity index (χ2v) is 7.00. The Labute approximate surface area is 118 Å². The lowest BCUT2D eigenvalue weighted by atomic mass is 10.1. The fourth-order valence-corrected chi connectivity index (χ4v) is 4.05. The molecule has 3 rings (SSSR count). The molecule has 1 fully saturated rings. The summed E-state index contributed by atoms with van der Waals surface area (Å²) in [6, 6.07) is 6.58. The minimum absolute atomic E-state index is 0.221. The van der Waals surface area contributed by atoms with Crippen LogP contribution in [0.25, 0.3) is 0 Å². The van der Waals surface area contributed by atoms with E-state index in [1.807, 2.05) is 0 Å². The molecule has 0 spiro atoms. The van der Waals surface area contributed by atoms with Crippen LogP contribution < -0.4 is 4.72 Å². The number of aliphatic imine (C=N–C) groups is 1. The summed E-state index contributed by atoms with van der Waals surface area (Å²) < 4.78 is 26.5. The summed E-state index contributed by atoms with van der Waals surface area (Å²) in [6.45, 7) is 0. The lowest BCUT2D eigenvalue weighted by Gasteiger charge is -2.16. The van der Waals surface area contributed by atoms with Crippen LogP contribution in [0.3, 0.4) is 0 Å². The first-order valence-electron chi connectivity index (χ1n) is 6.96. The monoisotopic (exact) mass is 294 g/mol. The summed E-state index contributed by atoms with van der Waals surface area (Å²) in [7, 11) is -3.49. The predicted octanol–water partition coefficient (Wildman–Crippen LogP) is 1.42. The molecule has 2 atom stereocenters. The molecular weight excluding hydrogens is 276 g/mol. The molecule has 2 N–H and O–H groups in total. The van der Waals surface area contributed by atoms with Gasteiger partial charge in [-0.05, 0) is 25.0 Å². The molecule has 1 heterocycles. The summed E-state index contributed by atoms with van der Waals surface area (Å²) in [4.78, 5) is 4.75. The van der Waals surface area contributed by atoms with Crippen LogP contribution in [0.2, 0.25) is 0 Å². The van der Waals surface area contributed by atoms with Gasteiger partial charge in [-0.2, -0.15) is 0 Å². The molecule has 1 aromatic rings. The normalized spacial score (nSPS) is 30.6. The van der Waals surface area contributed by atoms with Gasteiger partial charge in [0.2, 0.25) is 0 Å². The van der Waals surface area contributed by atoms with Crippen molar-refractivity contribution in [3.63, 3.8) is 0 Å². The van der Waals surface area contributed by atoms with Gasteiger partial charge in [-0.15, -0.1) is 0 Å². The van der Waals surface area contributed by atoms with Crippen molar-refractivity contribution in [3.8, 4) is 0 Å². The van der Waals surface area contributed by atoms with Crippen LogP contribution in [0.5, 0.6) is 0 Å². The molecule has 0 amide bonds. The van der Waals surface area contributed by atoms with Crippen LogP contribution in [-0.4, -0.2) is 31.5 Å². The third-order valence-electron chi connectivity index (χ3n) is 3.90. The Morgan fingerprint density at radius 2 is 1.90 bits per heavy atom.